The summed E-state index contributed by atoms with van der Waals surface area (Å²) in [6.45, 7) is 2.21. The van der Waals surface area contributed by atoms with E-state index in [0.29, 0.717) is 19.6 Å². The molecule has 4 nitrogen and oxygen atoms in total. The zero-order chi connectivity index (χ0) is 14.4. The molecule has 1 aliphatic rings. The Morgan fingerprint density at radius 2 is 2.30 bits per heavy atom. The normalized spacial score (nSPS) is 18.8. The van der Waals surface area contributed by atoms with Crippen molar-refractivity contribution in [2.24, 2.45) is 0 Å². The number of nitrogens with one attached hydrogen (secondary N) is 2. The molecular weight excluding hydrogens is 266 g/mol. The van der Waals surface area contributed by atoms with Crippen LogP contribution in [0.3, 0.4) is 0 Å². The molecule has 1 heterocycles. The molecule has 110 valence electrons. The zero-order valence-electron chi connectivity index (χ0n) is 11.1. The van der Waals surface area contributed by atoms with E-state index in [9.17, 15) is 13.6 Å². The van der Waals surface area contributed by atoms with Crippen LogP contribution < -0.4 is 10.6 Å². The Kier molecular flexibility index (Phi) is 5.43. The van der Waals surface area contributed by atoms with Crippen LogP contribution in [0.25, 0.3) is 0 Å². The predicted molar refractivity (Wildman–Crippen MR) is 70.3 cm³/mol. The van der Waals surface area contributed by atoms with Crippen molar-refractivity contribution in [3.63, 3.8) is 0 Å². The molecule has 1 saturated heterocycles. The molecule has 2 N–H and O–H groups in total. The molecule has 0 aromatic heterocycles. The van der Waals surface area contributed by atoms with Gasteiger partial charge in [-0.15, -0.1) is 0 Å². The van der Waals surface area contributed by atoms with Crippen molar-refractivity contribution >= 4 is 5.91 Å². The topological polar surface area (TPSA) is 50.4 Å². The molecule has 1 aromatic rings. The van der Waals surface area contributed by atoms with Gasteiger partial charge in [0.1, 0.15) is 11.6 Å². The molecule has 1 atom stereocenters. The molecule has 2 rings (SSSR count). The highest BCUT2D eigenvalue weighted by Gasteiger charge is 2.16. The summed E-state index contributed by atoms with van der Waals surface area (Å²) in [4.78, 5) is 11.7. The van der Waals surface area contributed by atoms with E-state index in [0.717, 1.165) is 24.7 Å². The molecule has 0 bridgehead atoms. The van der Waals surface area contributed by atoms with Crippen molar-refractivity contribution in [1.29, 1.82) is 0 Å². The summed E-state index contributed by atoms with van der Waals surface area (Å²) in [7, 11) is 0. The van der Waals surface area contributed by atoms with Crippen LogP contribution >= 0.6 is 0 Å². The van der Waals surface area contributed by atoms with E-state index in [4.69, 9.17) is 4.74 Å². The SMILES string of the molecule is O=C(CC1COCCN1)NCCc1cc(F)ccc1F. The lowest BCUT2D eigenvalue weighted by Gasteiger charge is -2.23. The molecule has 1 aliphatic heterocycles. The Morgan fingerprint density at radius 3 is 3.05 bits per heavy atom. The van der Waals surface area contributed by atoms with Crippen LogP contribution in [0.5, 0.6) is 0 Å². The maximum absolute atomic E-state index is 13.4. The zero-order valence-corrected chi connectivity index (χ0v) is 11.1. The Morgan fingerprint density at radius 1 is 1.45 bits per heavy atom. The fourth-order valence-electron chi connectivity index (χ4n) is 2.12. The van der Waals surface area contributed by atoms with Crippen LogP contribution in [0.2, 0.25) is 0 Å². The first-order chi connectivity index (χ1) is 9.65. The van der Waals surface area contributed by atoms with Crippen LogP contribution in [0.4, 0.5) is 8.78 Å². The number of ether oxygens (including phenoxy) is 1. The number of rotatable bonds is 5. The minimum Gasteiger partial charge on any atom is -0.378 e. The molecule has 1 fully saturated rings. The van der Waals surface area contributed by atoms with E-state index in [1.807, 2.05) is 0 Å². The summed E-state index contributed by atoms with van der Waals surface area (Å²) in [5, 5.41) is 5.88. The lowest BCUT2D eigenvalue weighted by Crippen LogP contribution is -2.44. The van der Waals surface area contributed by atoms with Crippen molar-refractivity contribution < 1.29 is 18.3 Å². The van der Waals surface area contributed by atoms with Crippen molar-refractivity contribution in [2.75, 3.05) is 26.3 Å². The third-order valence-corrected chi connectivity index (χ3v) is 3.15. The molecule has 0 radical (unpaired) electrons. The van der Waals surface area contributed by atoms with Crippen molar-refractivity contribution in [1.82, 2.24) is 10.6 Å². The number of morpholine rings is 1. The van der Waals surface area contributed by atoms with E-state index < -0.39 is 11.6 Å². The third kappa shape index (κ3) is 4.54. The number of carbonyl (C=O) groups is 1. The summed E-state index contributed by atoms with van der Waals surface area (Å²) in [6.07, 6.45) is 0.593. The number of hydrogen-bond donors (Lipinski definition) is 2. The van der Waals surface area contributed by atoms with Crippen LogP contribution in [0.15, 0.2) is 18.2 Å². The molecule has 6 heteroatoms. The second kappa shape index (κ2) is 7.31. The second-order valence-corrected chi connectivity index (χ2v) is 4.77. The van der Waals surface area contributed by atoms with Crippen LogP contribution in [-0.2, 0) is 16.0 Å². The molecule has 0 aliphatic carbocycles. The lowest BCUT2D eigenvalue weighted by atomic mass is 10.1. The molecule has 1 amide bonds. The Balaban J connectivity index is 1.72. The van der Waals surface area contributed by atoms with Gasteiger partial charge in [-0.25, -0.2) is 8.78 Å². The third-order valence-electron chi connectivity index (χ3n) is 3.15. The molecular formula is C14H18F2N2O2. The van der Waals surface area contributed by atoms with Gasteiger partial charge in [0, 0.05) is 25.6 Å². The fourth-order valence-corrected chi connectivity index (χ4v) is 2.12. The predicted octanol–water partition coefficient (Wildman–Crippen LogP) is 1.00. The van der Waals surface area contributed by atoms with Gasteiger partial charge in [-0.3, -0.25) is 4.79 Å². The minimum absolute atomic E-state index is 0.0228. The minimum atomic E-state index is -0.476. The van der Waals surface area contributed by atoms with Gasteiger partial charge in [-0.2, -0.15) is 0 Å². The average Bonchev–Trinajstić information content (AvgIpc) is 2.44. The first-order valence-electron chi connectivity index (χ1n) is 6.67. The highest BCUT2D eigenvalue weighted by Crippen LogP contribution is 2.09. The number of benzene rings is 1. The van der Waals surface area contributed by atoms with Crippen LogP contribution in [-0.4, -0.2) is 38.3 Å². The molecule has 0 spiro atoms. The highest BCUT2D eigenvalue weighted by molar-refractivity contribution is 5.76. The molecule has 20 heavy (non-hydrogen) atoms. The quantitative estimate of drug-likeness (QED) is 0.848. The monoisotopic (exact) mass is 284 g/mol. The number of hydrogen-bond acceptors (Lipinski definition) is 3. The Bertz CT molecular complexity index is 462. The van der Waals surface area contributed by atoms with Gasteiger partial charge in [-0.05, 0) is 30.2 Å². The van der Waals surface area contributed by atoms with Crippen LogP contribution in [0, 0.1) is 11.6 Å². The molecule has 1 aromatic carbocycles. The Hall–Kier alpha value is -1.53. The van der Waals surface area contributed by atoms with Crippen LogP contribution in [0.1, 0.15) is 12.0 Å². The maximum atomic E-state index is 13.4. The van der Waals surface area contributed by atoms with E-state index >= 15 is 0 Å². The second-order valence-electron chi connectivity index (χ2n) is 4.77. The lowest BCUT2D eigenvalue weighted by molar-refractivity contribution is -0.122. The maximum Gasteiger partial charge on any atom is 0.221 e. The van der Waals surface area contributed by atoms with Gasteiger partial charge in [-0.1, -0.05) is 0 Å². The van der Waals surface area contributed by atoms with Crippen molar-refractivity contribution in [3.05, 3.63) is 35.4 Å². The fraction of sp³-hybridized carbons (Fsp3) is 0.500. The van der Waals surface area contributed by atoms with Gasteiger partial charge in [0.25, 0.3) is 0 Å². The van der Waals surface area contributed by atoms with E-state index in [1.54, 1.807) is 0 Å². The first-order valence-corrected chi connectivity index (χ1v) is 6.67. The van der Waals surface area contributed by atoms with Gasteiger partial charge < -0.3 is 15.4 Å². The smallest absolute Gasteiger partial charge is 0.221 e. The van der Waals surface area contributed by atoms with E-state index in [-0.39, 0.29) is 30.5 Å². The largest absolute Gasteiger partial charge is 0.378 e. The Labute approximate surface area is 116 Å². The summed E-state index contributed by atoms with van der Waals surface area (Å²) in [5.41, 5.74) is 0.268. The van der Waals surface area contributed by atoms with Crippen molar-refractivity contribution in [3.8, 4) is 0 Å². The van der Waals surface area contributed by atoms with Crippen molar-refractivity contribution in [2.45, 2.75) is 18.9 Å². The summed E-state index contributed by atoms with van der Waals surface area (Å²) < 4.78 is 31.6. The average molecular weight is 284 g/mol. The highest BCUT2D eigenvalue weighted by atomic mass is 19.1. The molecule has 1 unspecified atom stereocenters. The standard InChI is InChI=1S/C14H18F2N2O2/c15-11-1-2-13(16)10(7-11)3-4-18-14(19)8-12-9-20-6-5-17-12/h1-2,7,12,17H,3-6,8-9H2,(H,18,19). The number of amides is 1. The van der Waals surface area contributed by atoms with Gasteiger partial charge in [0.15, 0.2) is 0 Å². The summed E-state index contributed by atoms with van der Waals surface area (Å²) >= 11 is 0. The van der Waals surface area contributed by atoms with E-state index in [1.165, 1.54) is 0 Å². The van der Waals surface area contributed by atoms with E-state index in [2.05, 4.69) is 10.6 Å². The molecule has 0 saturated carbocycles. The summed E-state index contributed by atoms with van der Waals surface area (Å²) in [6, 6.07) is 3.34. The van der Waals surface area contributed by atoms with Gasteiger partial charge >= 0.3 is 0 Å². The first kappa shape index (κ1) is 14.9. The number of carbonyl (C=O) groups excluding carboxylic acids is 1. The van der Waals surface area contributed by atoms with Gasteiger partial charge in [0.2, 0.25) is 5.91 Å². The number of halogens is 2. The van der Waals surface area contributed by atoms with Gasteiger partial charge in [0.05, 0.1) is 13.2 Å². The summed E-state index contributed by atoms with van der Waals surface area (Å²) in [5.74, 6) is -1.05.